The van der Waals surface area contributed by atoms with E-state index in [0.717, 1.165) is 17.1 Å². The van der Waals surface area contributed by atoms with Crippen molar-refractivity contribution in [3.63, 3.8) is 0 Å². The van der Waals surface area contributed by atoms with Gasteiger partial charge in [0.2, 0.25) is 5.91 Å². The first kappa shape index (κ1) is 16.6. The molecule has 1 amide bonds. The van der Waals surface area contributed by atoms with Gasteiger partial charge < -0.3 is 5.32 Å². The first-order chi connectivity index (χ1) is 10.4. The molecule has 1 N–H and O–H groups in total. The Bertz CT molecular complexity index is 728. The highest BCUT2D eigenvalue weighted by atomic mass is 32.2. The van der Waals surface area contributed by atoms with Crippen LogP contribution < -0.4 is 5.32 Å². The highest BCUT2D eigenvalue weighted by Crippen LogP contribution is 2.18. The smallest absolute Gasteiger partial charge is 0.221 e. The predicted octanol–water partition coefficient (Wildman–Crippen LogP) is 2.15. The van der Waals surface area contributed by atoms with Crippen LogP contribution in [0.15, 0.2) is 40.7 Å². The van der Waals surface area contributed by atoms with Crippen LogP contribution in [-0.4, -0.2) is 24.6 Å². The van der Waals surface area contributed by atoms with E-state index in [1.165, 1.54) is 30.4 Å². The molecule has 5 nitrogen and oxygen atoms in total. The second-order valence-electron chi connectivity index (χ2n) is 4.72. The van der Waals surface area contributed by atoms with Crippen LogP contribution in [0.2, 0.25) is 0 Å². The molecule has 0 fully saturated rings. The second-order valence-corrected chi connectivity index (χ2v) is 8.06. The Morgan fingerprint density at radius 3 is 2.64 bits per heavy atom. The van der Waals surface area contributed by atoms with E-state index in [4.69, 9.17) is 0 Å². The van der Waals surface area contributed by atoms with Crippen LogP contribution in [0.25, 0.3) is 0 Å². The lowest BCUT2D eigenvalue weighted by molar-refractivity contribution is -0.121. The Morgan fingerprint density at radius 2 is 2.05 bits per heavy atom. The van der Waals surface area contributed by atoms with Gasteiger partial charge in [0.15, 0.2) is 9.84 Å². The number of hydrogen-bond acceptors (Lipinski definition) is 5. The van der Waals surface area contributed by atoms with Gasteiger partial charge in [-0.1, -0.05) is 0 Å². The van der Waals surface area contributed by atoms with Crippen molar-refractivity contribution in [2.45, 2.75) is 30.0 Å². The summed E-state index contributed by atoms with van der Waals surface area (Å²) in [5.41, 5.74) is 0. The topological polar surface area (TPSA) is 76.1 Å². The Balaban J connectivity index is 1.96. The number of nitrogens with zero attached hydrogens (tertiary/aromatic N) is 1. The molecule has 0 spiro atoms. The van der Waals surface area contributed by atoms with E-state index >= 15 is 0 Å². The zero-order valence-electron chi connectivity index (χ0n) is 11.8. The molecule has 22 heavy (non-hydrogen) atoms. The van der Waals surface area contributed by atoms with E-state index < -0.39 is 20.9 Å². The zero-order chi connectivity index (χ0) is 16.2. The van der Waals surface area contributed by atoms with Crippen molar-refractivity contribution in [2.75, 3.05) is 0 Å². The van der Waals surface area contributed by atoms with Crippen LogP contribution in [0, 0.1) is 5.82 Å². The quantitative estimate of drug-likeness (QED) is 0.816. The maximum atomic E-state index is 12.9. The fourth-order valence-corrected chi connectivity index (χ4v) is 3.72. The lowest BCUT2D eigenvalue weighted by Gasteiger charge is -2.12. The van der Waals surface area contributed by atoms with Gasteiger partial charge in [-0.05, 0) is 31.2 Å². The number of sulfone groups is 1. The van der Waals surface area contributed by atoms with Crippen molar-refractivity contribution >= 4 is 27.1 Å². The second kappa shape index (κ2) is 6.97. The number of thiazole rings is 1. The minimum Gasteiger partial charge on any atom is -0.350 e. The molecule has 1 aromatic heterocycles. The Morgan fingerprint density at radius 1 is 1.36 bits per heavy atom. The van der Waals surface area contributed by atoms with E-state index in [-0.39, 0.29) is 23.8 Å². The molecule has 8 heteroatoms. The fourth-order valence-electron chi connectivity index (χ4n) is 1.81. The molecule has 1 aromatic carbocycles. The summed E-state index contributed by atoms with van der Waals surface area (Å²) in [4.78, 5) is 15.9. The maximum absolute atomic E-state index is 12.9. The van der Waals surface area contributed by atoms with Crippen LogP contribution in [0.1, 0.15) is 18.4 Å². The number of amides is 1. The minimum atomic E-state index is -3.66. The summed E-state index contributed by atoms with van der Waals surface area (Å²) in [7, 11) is -3.66. The minimum absolute atomic E-state index is 0.00845. The van der Waals surface area contributed by atoms with Crippen LogP contribution in [0.4, 0.5) is 4.39 Å². The third-order valence-corrected chi connectivity index (χ3v) is 6.00. The van der Waals surface area contributed by atoms with E-state index in [2.05, 4.69) is 10.3 Å². The zero-order valence-corrected chi connectivity index (χ0v) is 13.5. The van der Waals surface area contributed by atoms with Gasteiger partial charge in [0.05, 0.1) is 16.7 Å². The molecule has 0 bridgehead atoms. The van der Waals surface area contributed by atoms with Crippen molar-refractivity contribution in [3.8, 4) is 0 Å². The molecule has 0 aliphatic rings. The molecule has 1 atom stereocenters. The molecule has 0 saturated carbocycles. The number of halogens is 1. The van der Waals surface area contributed by atoms with E-state index in [1.807, 2.05) is 0 Å². The van der Waals surface area contributed by atoms with E-state index in [1.54, 1.807) is 11.6 Å². The highest BCUT2D eigenvalue weighted by molar-refractivity contribution is 7.92. The van der Waals surface area contributed by atoms with Gasteiger partial charge >= 0.3 is 0 Å². The number of nitrogens with one attached hydrogen (secondary N) is 1. The number of hydrogen-bond donors (Lipinski definition) is 1. The average Bonchev–Trinajstić information content (AvgIpc) is 2.99. The number of rotatable bonds is 6. The third kappa shape index (κ3) is 4.11. The molecule has 118 valence electrons. The predicted molar refractivity (Wildman–Crippen MR) is 81.6 cm³/mol. The first-order valence-electron chi connectivity index (χ1n) is 6.54. The molecule has 1 heterocycles. The Kier molecular flexibility index (Phi) is 5.25. The molecular formula is C14H15FN2O3S2. The summed E-state index contributed by atoms with van der Waals surface area (Å²) in [5, 5.41) is 4.29. The van der Waals surface area contributed by atoms with Crippen molar-refractivity contribution < 1.29 is 17.6 Å². The molecule has 2 aromatic rings. The summed E-state index contributed by atoms with van der Waals surface area (Å²) in [6, 6.07) is 4.58. The van der Waals surface area contributed by atoms with Gasteiger partial charge in [-0.3, -0.25) is 4.79 Å². The van der Waals surface area contributed by atoms with Crippen molar-refractivity contribution in [1.82, 2.24) is 10.3 Å². The Labute approximate surface area is 132 Å². The van der Waals surface area contributed by atoms with Gasteiger partial charge in [0.25, 0.3) is 0 Å². The van der Waals surface area contributed by atoms with Crippen molar-refractivity contribution in [3.05, 3.63) is 46.7 Å². The Hall–Kier alpha value is -1.80. The number of aromatic nitrogens is 1. The SMILES string of the molecule is C[C@H](CC(=O)NCc1nccs1)S(=O)(=O)c1ccc(F)cc1. The van der Waals surface area contributed by atoms with E-state index in [0.29, 0.717) is 0 Å². The lowest BCUT2D eigenvalue weighted by Crippen LogP contribution is -2.29. The van der Waals surface area contributed by atoms with Gasteiger partial charge in [-0.15, -0.1) is 11.3 Å². The van der Waals surface area contributed by atoms with Crippen molar-refractivity contribution in [1.29, 1.82) is 0 Å². The summed E-state index contributed by atoms with van der Waals surface area (Å²) in [5.74, 6) is -0.874. The molecule has 0 unspecified atom stereocenters. The molecular weight excluding hydrogens is 327 g/mol. The highest BCUT2D eigenvalue weighted by Gasteiger charge is 2.25. The van der Waals surface area contributed by atoms with Crippen LogP contribution in [0.3, 0.4) is 0 Å². The first-order valence-corrected chi connectivity index (χ1v) is 8.96. The third-order valence-electron chi connectivity index (χ3n) is 3.06. The van der Waals surface area contributed by atoms with Crippen LogP contribution >= 0.6 is 11.3 Å². The van der Waals surface area contributed by atoms with Gasteiger partial charge in [0, 0.05) is 18.0 Å². The van der Waals surface area contributed by atoms with Crippen molar-refractivity contribution in [2.24, 2.45) is 0 Å². The van der Waals surface area contributed by atoms with E-state index in [9.17, 15) is 17.6 Å². The summed E-state index contributed by atoms with van der Waals surface area (Å²) in [6.07, 6.45) is 1.47. The summed E-state index contributed by atoms with van der Waals surface area (Å²) in [6.45, 7) is 1.74. The maximum Gasteiger partial charge on any atom is 0.221 e. The molecule has 2 rings (SSSR count). The standard InChI is InChI=1S/C14H15FN2O3S2/c1-10(8-13(18)17-9-14-16-6-7-21-14)22(19,20)12-4-2-11(15)3-5-12/h2-7,10H,8-9H2,1H3,(H,17,18)/t10-/m1/s1. The number of carbonyl (C=O) groups is 1. The van der Waals surface area contributed by atoms with Gasteiger partial charge in [-0.2, -0.15) is 0 Å². The normalized spacial score (nSPS) is 12.8. The van der Waals surface area contributed by atoms with Gasteiger partial charge in [-0.25, -0.2) is 17.8 Å². The molecule has 0 saturated heterocycles. The number of benzene rings is 1. The monoisotopic (exact) mass is 342 g/mol. The molecule has 0 aliphatic heterocycles. The summed E-state index contributed by atoms with van der Waals surface area (Å²) < 4.78 is 37.5. The van der Waals surface area contributed by atoms with Crippen LogP contribution in [0.5, 0.6) is 0 Å². The lowest BCUT2D eigenvalue weighted by atomic mass is 10.3. The molecule has 0 radical (unpaired) electrons. The van der Waals surface area contributed by atoms with Crippen LogP contribution in [-0.2, 0) is 21.2 Å². The summed E-state index contributed by atoms with van der Waals surface area (Å²) >= 11 is 1.41. The molecule has 0 aliphatic carbocycles. The largest absolute Gasteiger partial charge is 0.350 e. The average molecular weight is 342 g/mol. The van der Waals surface area contributed by atoms with Gasteiger partial charge in [0.1, 0.15) is 10.8 Å². The number of carbonyl (C=O) groups excluding carboxylic acids is 1. The fraction of sp³-hybridized carbons (Fsp3) is 0.286.